The van der Waals surface area contributed by atoms with Crippen LogP contribution in [0.1, 0.15) is 54.8 Å². The second-order valence-electron chi connectivity index (χ2n) is 7.98. The van der Waals surface area contributed by atoms with Crippen molar-refractivity contribution in [3.8, 4) is 0 Å². The third kappa shape index (κ3) is 4.49. The normalized spacial score (nSPS) is 18.0. The van der Waals surface area contributed by atoms with Crippen LogP contribution in [0, 0.1) is 6.92 Å². The summed E-state index contributed by atoms with van der Waals surface area (Å²) in [5.41, 5.74) is 2.79. The summed E-state index contributed by atoms with van der Waals surface area (Å²) in [6, 6.07) is 1.46. The Morgan fingerprint density at radius 3 is 2.52 bits per heavy atom. The highest BCUT2D eigenvalue weighted by molar-refractivity contribution is 5.76. The number of hydrogen-bond acceptors (Lipinski definition) is 4. The summed E-state index contributed by atoms with van der Waals surface area (Å²) in [6.07, 6.45) is 1.44. The van der Waals surface area contributed by atoms with Crippen molar-refractivity contribution in [2.75, 3.05) is 26.2 Å². The molecule has 2 aliphatic rings. The van der Waals surface area contributed by atoms with Gasteiger partial charge < -0.3 is 4.90 Å². The molecule has 1 aliphatic heterocycles. The van der Waals surface area contributed by atoms with Crippen molar-refractivity contribution < 1.29 is 13.6 Å². The molecule has 2 aromatic heterocycles. The number of piperazine rings is 1. The van der Waals surface area contributed by atoms with Crippen LogP contribution in [0.3, 0.4) is 0 Å². The molecule has 0 N–H and O–H groups in total. The molecular formula is C20H28F2N6O. The highest BCUT2D eigenvalue weighted by atomic mass is 19.3. The lowest BCUT2D eigenvalue weighted by Gasteiger charge is -2.34. The Morgan fingerprint density at radius 2 is 1.93 bits per heavy atom. The van der Waals surface area contributed by atoms with E-state index in [-0.39, 0.29) is 24.1 Å². The number of aryl methyl sites for hydroxylation is 2. The molecule has 0 unspecified atom stereocenters. The second kappa shape index (κ2) is 8.22. The largest absolute Gasteiger partial charge is 0.339 e. The van der Waals surface area contributed by atoms with Crippen LogP contribution in [-0.2, 0) is 24.4 Å². The van der Waals surface area contributed by atoms with Crippen molar-refractivity contribution in [1.29, 1.82) is 0 Å². The minimum atomic E-state index is -2.62. The Balaban J connectivity index is 1.33. The van der Waals surface area contributed by atoms with Crippen LogP contribution in [-0.4, -0.2) is 61.4 Å². The van der Waals surface area contributed by atoms with E-state index in [1.54, 1.807) is 4.90 Å². The molecule has 7 nitrogen and oxygen atoms in total. The molecule has 0 atom stereocenters. The molecule has 4 rings (SSSR count). The van der Waals surface area contributed by atoms with Gasteiger partial charge in [0.1, 0.15) is 12.2 Å². The highest BCUT2D eigenvalue weighted by Crippen LogP contribution is 2.40. The van der Waals surface area contributed by atoms with Gasteiger partial charge in [-0.25, -0.2) is 8.78 Å². The Morgan fingerprint density at radius 1 is 1.21 bits per heavy atom. The molecular weight excluding hydrogens is 378 g/mol. The topological polar surface area (TPSA) is 59.2 Å². The molecule has 0 aromatic carbocycles. The Bertz CT molecular complexity index is 864. The van der Waals surface area contributed by atoms with Crippen LogP contribution in [0.25, 0.3) is 0 Å². The van der Waals surface area contributed by atoms with Crippen LogP contribution in [0.4, 0.5) is 8.78 Å². The fraction of sp³-hybridized carbons (Fsp3) is 0.650. The minimum Gasteiger partial charge on any atom is -0.339 e. The lowest BCUT2D eigenvalue weighted by Crippen LogP contribution is -2.49. The predicted molar refractivity (Wildman–Crippen MR) is 104 cm³/mol. The van der Waals surface area contributed by atoms with E-state index in [1.165, 1.54) is 16.3 Å². The monoisotopic (exact) mass is 406 g/mol. The van der Waals surface area contributed by atoms with Gasteiger partial charge in [0, 0.05) is 56.9 Å². The highest BCUT2D eigenvalue weighted by Gasteiger charge is 2.30. The Kier molecular flexibility index (Phi) is 5.67. The maximum absolute atomic E-state index is 13.3. The number of carbonyl (C=O) groups excluding carboxylic acids is 1. The van der Waals surface area contributed by atoms with Crippen molar-refractivity contribution in [2.24, 2.45) is 0 Å². The lowest BCUT2D eigenvalue weighted by molar-refractivity contribution is -0.134. The second-order valence-corrected chi connectivity index (χ2v) is 7.98. The van der Waals surface area contributed by atoms with Crippen LogP contribution in [0.5, 0.6) is 0 Å². The number of carbonyl (C=O) groups is 1. The Hall–Kier alpha value is -2.29. The SMILES string of the molecule is CCn1cc(CN2CCN(C(=O)Cn3nc(C4CC4)cc3C(F)F)CC2)c(C)n1. The van der Waals surface area contributed by atoms with Crippen LogP contribution < -0.4 is 0 Å². The summed E-state index contributed by atoms with van der Waals surface area (Å²) in [7, 11) is 0. The van der Waals surface area contributed by atoms with E-state index < -0.39 is 6.43 Å². The van der Waals surface area contributed by atoms with Crippen molar-refractivity contribution in [1.82, 2.24) is 29.4 Å². The van der Waals surface area contributed by atoms with Gasteiger partial charge in [-0.15, -0.1) is 0 Å². The molecule has 2 aromatic rings. The molecule has 0 spiro atoms. The van der Waals surface area contributed by atoms with Gasteiger partial charge in [0.2, 0.25) is 5.91 Å². The van der Waals surface area contributed by atoms with E-state index in [1.807, 2.05) is 11.6 Å². The molecule has 0 radical (unpaired) electrons. The van der Waals surface area contributed by atoms with Gasteiger partial charge in [-0.05, 0) is 32.8 Å². The number of nitrogens with zero attached hydrogens (tertiary/aromatic N) is 6. The summed E-state index contributed by atoms with van der Waals surface area (Å²) in [6.45, 7) is 8.34. The third-order valence-electron chi connectivity index (χ3n) is 5.83. The third-order valence-corrected chi connectivity index (χ3v) is 5.83. The van der Waals surface area contributed by atoms with Crippen LogP contribution >= 0.6 is 0 Å². The average molecular weight is 406 g/mol. The van der Waals surface area contributed by atoms with Gasteiger partial charge >= 0.3 is 0 Å². The van der Waals surface area contributed by atoms with Crippen molar-refractivity contribution in [3.05, 3.63) is 34.9 Å². The maximum Gasteiger partial charge on any atom is 0.280 e. The Labute approximate surface area is 169 Å². The minimum absolute atomic E-state index is 0.116. The number of hydrogen-bond donors (Lipinski definition) is 0. The molecule has 1 amide bonds. The first-order valence-corrected chi connectivity index (χ1v) is 10.3. The van der Waals surface area contributed by atoms with Crippen LogP contribution in [0.2, 0.25) is 0 Å². The van der Waals surface area contributed by atoms with E-state index in [0.717, 1.165) is 44.7 Å². The average Bonchev–Trinajstić information content (AvgIpc) is 3.37. The quantitative estimate of drug-likeness (QED) is 0.709. The number of rotatable bonds is 7. The van der Waals surface area contributed by atoms with Crippen molar-refractivity contribution in [2.45, 2.75) is 58.7 Å². The van der Waals surface area contributed by atoms with Crippen molar-refractivity contribution >= 4 is 5.91 Å². The van der Waals surface area contributed by atoms with Gasteiger partial charge in [0.15, 0.2) is 0 Å². The molecule has 1 saturated carbocycles. The zero-order chi connectivity index (χ0) is 20.5. The maximum atomic E-state index is 13.3. The van der Waals surface area contributed by atoms with E-state index in [0.29, 0.717) is 18.8 Å². The fourth-order valence-corrected chi connectivity index (χ4v) is 3.83. The number of amides is 1. The number of alkyl halides is 2. The van der Waals surface area contributed by atoms with E-state index in [9.17, 15) is 13.6 Å². The first-order chi connectivity index (χ1) is 13.9. The van der Waals surface area contributed by atoms with E-state index in [2.05, 4.69) is 28.2 Å². The smallest absolute Gasteiger partial charge is 0.280 e. The fourth-order valence-electron chi connectivity index (χ4n) is 3.83. The summed E-state index contributed by atoms with van der Waals surface area (Å²) < 4.78 is 29.8. The van der Waals surface area contributed by atoms with E-state index in [4.69, 9.17) is 0 Å². The predicted octanol–water partition coefficient (Wildman–Crippen LogP) is 2.57. The van der Waals surface area contributed by atoms with Crippen LogP contribution in [0.15, 0.2) is 12.3 Å². The first kappa shape index (κ1) is 20.0. The summed E-state index contributed by atoms with van der Waals surface area (Å²) in [4.78, 5) is 16.7. The summed E-state index contributed by atoms with van der Waals surface area (Å²) >= 11 is 0. The first-order valence-electron chi connectivity index (χ1n) is 10.3. The molecule has 158 valence electrons. The summed E-state index contributed by atoms with van der Waals surface area (Å²) in [5, 5.41) is 8.77. The van der Waals surface area contributed by atoms with Gasteiger partial charge in [0.05, 0.1) is 11.4 Å². The summed E-state index contributed by atoms with van der Waals surface area (Å²) in [5.74, 6) is 0.139. The van der Waals surface area contributed by atoms with Gasteiger partial charge in [-0.1, -0.05) is 0 Å². The standard InChI is InChI=1S/C20H28F2N6O/c1-3-27-12-16(14(2)23-27)11-25-6-8-26(9-7-25)19(29)13-28-18(20(21)22)10-17(24-28)15-4-5-15/h10,12,15,20H,3-9,11,13H2,1-2H3. The van der Waals surface area contributed by atoms with Crippen molar-refractivity contribution in [3.63, 3.8) is 0 Å². The van der Waals surface area contributed by atoms with Gasteiger partial charge in [0.25, 0.3) is 6.43 Å². The molecule has 0 bridgehead atoms. The van der Waals surface area contributed by atoms with Gasteiger partial charge in [-0.2, -0.15) is 10.2 Å². The molecule has 29 heavy (non-hydrogen) atoms. The molecule has 1 aliphatic carbocycles. The van der Waals surface area contributed by atoms with Gasteiger partial charge in [-0.3, -0.25) is 19.1 Å². The lowest BCUT2D eigenvalue weighted by atomic mass is 10.2. The van der Waals surface area contributed by atoms with E-state index >= 15 is 0 Å². The zero-order valence-electron chi connectivity index (χ0n) is 17.0. The number of halogens is 2. The molecule has 3 heterocycles. The molecule has 1 saturated heterocycles. The molecule has 9 heteroatoms. The number of aromatic nitrogens is 4. The zero-order valence-corrected chi connectivity index (χ0v) is 17.0. The molecule has 2 fully saturated rings.